The molecule has 5 aromatic rings. The first-order chi connectivity index (χ1) is 17.5. The van der Waals surface area contributed by atoms with Crippen molar-refractivity contribution in [1.82, 2.24) is 24.6 Å². The minimum atomic E-state index is -0.566. The van der Waals surface area contributed by atoms with E-state index < -0.39 is 17.2 Å². The highest BCUT2D eigenvalue weighted by Gasteiger charge is 2.26. The smallest absolute Gasteiger partial charge is 0.258 e. The lowest BCUT2D eigenvalue weighted by Crippen LogP contribution is -2.45. The van der Waals surface area contributed by atoms with Gasteiger partial charge in [0, 0.05) is 32.4 Å². The number of piperazine rings is 1. The molecule has 0 radical (unpaired) electrons. The van der Waals surface area contributed by atoms with Crippen LogP contribution in [0.3, 0.4) is 0 Å². The van der Waals surface area contributed by atoms with Gasteiger partial charge < -0.3 is 15.1 Å². The van der Waals surface area contributed by atoms with Gasteiger partial charge in [-0.15, -0.1) is 11.3 Å². The fraction of sp³-hybridized carbons (Fsp3) is 0.231. The van der Waals surface area contributed by atoms with E-state index in [0.29, 0.717) is 29.3 Å². The van der Waals surface area contributed by atoms with E-state index in [1.807, 2.05) is 46.7 Å². The first kappa shape index (κ1) is 22.6. The van der Waals surface area contributed by atoms with Crippen LogP contribution in [0.4, 0.5) is 10.2 Å². The van der Waals surface area contributed by atoms with Crippen molar-refractivity contribution in [3.05, 3.63) is 82.0 Å². The summed E-state index contributed by atoms with van der Waals surface area (Å²) in [6.45, 7) is 3.05. The quantitative estimate of drug-likeness (QED) is 0.406. The first-order valence-corrected chi connectivity index (χ1v) is 12.5. The number of anilines is 1. The zero-order valence-electron chi connectivity index (χ0n) is 19.6. The summed E-state index contributed by atoms with van der Waals surface area (Å²) < 4.78 is 18.1. The van der Waals surface area contributed by atoms with Crippen molar-refractivity contribution >= 4 is 49.1 Å². The van der Waals surface area contributed by atoms with Gasteiger partial charge in [-0.25, -0.2) is 9.37 Å². The molecular formula is C26H23FN6O2S. The lowest BCUT2D eigenvalue weighted by molar-refractivity contribution is 0.0951. The first-order valence-electron chi connectivity index (χ1n) is 11.7. The maximum atomic E-state index is 15.4. The summed E-state index contributed by atoms with van der Waals surface area (Å²) in [6.07, 6.45) is 1.64. The molecule has 1 aliphatic rings. The predicted octanol–water partition coefficient (Wildman–Crippen LogP) is 3.28. The number of benzene rings is 1. The molecule has 1 aliphatic heterocycles. The molecule has 182 valence electrons. The van der Waals surface area contributed by atoms with Crippen LogP contribution in [0, 0.1) is 5.82 Å². The predicted molar refractivity (Wildman–Crippen MR) is 139 cm³/mol. The highest BCUT2D eigenvalue weighted by atomic mass is 32.1. The number of rotatable bonds is 4. The molecule has 0 saturated carbocycles. The molecule has 10 heteroatoms. The van der Waals surface area contributed by atoms with Crippen LogP contribution in [0.5, 0.6) is 0 Å². The van der Waals surface area contributed by atoms with Gasteiger partial charge in [0.15, 0.2) is 17.3 Å². The third kappa shape index (κ3) is 3.78. The van der Waals surface area contributed by atoms with Crippen LogP contribution in [0.1, 0.15) is 16.1 Å². The number of nitrogens with one attached hydrogen (secondary N) is 1. The van der Waals surface area contributed by atoms with Crippen molar-refractivity contribution in [3.63, 3.8) is 0 Å². The average Bonchev–Trinajstić information content (AvgIpc) is 3.28. The number of para-hydroxylation sites is 1. The van der Waals surface area contributed by atoms with Gasteiger partial charge in [-0.1, -0.05) is 18.2 Å². The van der Waals surface area contributed by atoms with E-state index in [4.69, 9.17) is 0 Å². The highest BCUT2D eigenvalue weighted by Crippen LogP contribution is 2.32. The molecule has 4 aromatic heterocycles. The molecule has 36 heavy (non-hydrogen) atoms. The molecule has 1 saturated heterocycles. The number of carbonyl (C=O) groups excluding carboxylic acids is 1. The van der Waals surface area contributed by atoms with Crippen LogP contribution in [-0.4, -0.2) is 58.4 Å². The highest BCUT2D eigenvalue weighted by molar-refractivity contribution is 7.24. The maximum absolute atomic E-state index is 15.4. The van der Waals surface area contributed by atoms with Crippen molar-refractivity contribution in [1.29, 1.82) is 0 Å². The van der Waals surface area contributed by atoms with Crippen molar-refractivity contribution in [2.24, 2.45) is 0 Å². The number of amides is 1. The Balaban J connectivity index is 1.55. The van der Waals surface area contributed by atoms with Crippen molar-refractivity contribution in [2.75, 3.05) is 38.1 Å². The van der Waals surface area contributed by atoms with Crippen LogP contribution < -0.4 is 15.6 Å². The van der Waals surface area contributed by atoms with Gasteiger partial charge in [0.05, 0.1) is 27.8 Å². The zero-order chi connectivity index (χ0) is 24.8. The number of thiazole rings is 1. The molecule has 8 nitrogen and oxygen atoms in total. The topological polar surface area (TPSA) is 82.8 Å². The fourth-order valence-corrected chi connectivity index (χ4v) is 5.78. The van der Waals surface area contributed by atoms with Crippen LogP contribution in [0.2, 0.25) is 0 Å². The van der Waals surface area contributed by atoms with Gasteiger partial charge in [-0.2, -0.15) is 0 Å². The maximum Gasteiger partial charge on any atom is 0.258 e. The lowest BCUT2D eigenvalue weighted by Gasteiger charge is -2.33. The third-order valence-electron chi connectivity index (χ3n) is 6.54. The van der Waals surface area contributed by atoms with Crippen LogP contribution in [0.25, 0.3) is 26.1 Å². The SMILES string of the molecule is CN1CCN(c2nc3c(cc2F)c(=O)c(C(=O)NCc2ccccn2)c2sc4ccccc4n23)CC1. The Labute approximate surface area is 209 Å². The van der Waals surface area contributed by atoms with Gasteiger partial charge in [-0.05, 0) is 37.4 Å². The molecular weight excluding hydrogens is 479 g/mol. The molecule has 6 rings (SSSR count). The number of aromatic nitrogens is 3. The van der Waals surface area contributed by atoms with E-state index in [1.54, 1.807) is 18.3 Å². The Morgan fingerprint density at radius 1 is 1.11 bits per heavy atom. The molecule has 0 bridgehead atoms. The third-order valence-corrected chi connectivity index (χ3v) is 7.68. The molecule has 1 fully saturated rings. The number of fused-ring (bicyclic) bond motifs is 5. The van der Waals surface area contributed by atoms with E-state index in [0.717, 1.165) is 23.3 Å². The van der Waals surface area contributed by atoms with Crippen LogP contribution in [-0.2, 0) is 6.54 Å². The van der Waals surface area contributed by atoms with E-state index in [1.165, 1.54) is 17.4 Å². The summed E-state index contributed by atoms with van der Waals surface area (Å²) in [5.74, 6) is -0.866. The summed E-state index contributed by atoms with van der Waals surface area (Å²) in [6, 6.07) is 14.3. The largest absolute Gasteiger partial charge is 0.352 e. The van der Waals surface area contributed by atoms with E-state index >= 15 is 4.39 Å². The molecule has 0 aliphatic carbocycles. The summed E-state index contributed by atoms with van der Waals surface area (Å²) in [4.78, 5) is 40.5. The zero-order valence-corrected chi connectivity index (χ0v) is 20.4. The number of hydrogen-bond acceptors (Lipinski definition) is 7. The summed E-state index contributed by atoms with van der Waals surface area (Å²) >= 11 is 1.35. The average molecular weight is 503 g/mol. The van der Waals surface area contributed by atoms with Gasteiger partial charge in [-0.3, -0.25) is 19.0 Å². The number of likely N-dealkylation sites (N-methyl/N-ethyl adjacent to an activating group) is 1. The minimum Gasteiger partial charge on any atom is -0.352 e. The monoisotopic (exact) mass is 502 g/mol. The minimum absolute atomic E-state index is 0.0202. The Kier molecular flexibility index (Phi) is 5.62. The lowest BCUT2D eigenvalue weighted by atomic mass is 10.1. The number of nitrogens with zero attached hydrogens (tertiary/aromatic N) is 5. The van der Waals surface area contributed by atoms with E-state index in [-0.39, 0.29) is 23.3 Å². The number of halogens is 1. The summed E-state index contributed by atoms with van der Waals surface area (Å²) in [5.41, 5.74) is 1.28. The van der Waals surface area contributed by atoms with Gasteiger partial charge in [0.2, 0.25) is 5.43 Å². The molecule has 5 heterocycles. The molecule has 1 amide bonds. The Hall–Kier alpha value is -3.89. The van der Waals surface area contributed by atoms with Crippen molar-refractivity contribution in [2.45, 2.75) is 6.54 Å². The second kappa shape index (κ2) is 8.96. The van der Waals surface area contributed by atoms with E-state index in [2.05, 4.69) is 20.2 Å². The second-order valence-corrected chi connectivity index (χ2v) is 9.90. The summed E-state index contributed by atoms with van der Waals surface area (Å²) in [5, 5.41) is 2.88. The van der Waals surface area contributed by atoms with Gasteiger partial charge in [0.25, 0.3) is 5.91 Å². The molecule has 0 atom stereocenters. The standard InChI is InChI=1S/C26H23FN6O2S/c1-31-10-12-32(13-11-31)24-18(27)14-17-22(34)21(25(35)29-15-16-6-4-5-9-28-16)26-33(23(17)30-24)19-7-2-3-8-20(19)36-26/h2-9,14H,10-13,15H2,1H3,(H,29,35). The molecule has 0 spiro atoms. The van der Waals surface area contributed by atoms with Crippen LogP contribution >= 0.6 is 11.3 Å². The van der Waals surface area contributed by atoms with Crippen molar-refractivity contribution in [3.8, 4) is 0 Å². The van der Waals surface area contributed by atoms with E-state index in [9.17, 15) is 9.59 Å². The molecule has 1 N–H and O–H groups in total. The number of hydrogen-bond donors (Lipinski definition) is 1. The molecule has 0 unspecified atom stereocenters. The number of carbonyl (C=O) groups is 1. The van der Waals surface area contributed by atoms with Gasteiger partial charge >= 0.3 is 0 Å². The molecule has 1 aromatic carbocycles. The normalized spacial score (nSPS) is 14.7. The van der Waals surface area contributed by atoms with Gasteiger partial charge in [0.1, 0.15) is 10.4 Å². The fourth-order valence-electron chi connectivity index (χ4n) is 4.60. The number of pyridine rings is 3. The van der Waals surface area contributed by atoms with Crippen molar-refractivity contribution < 1.29 is 9.18 Å². The Morgan fingerprint density at radius 3 is 2.67 bits per heavy atom. The summed E-state index contributed by atoms with van der Waals surface area (Å²) in [7, 11) is 2.03. The second-order valence-electron chi connectivity index (χ2n) is 8.87. The Morgan fingerprint density at radius 2 is 1.89 bits per heavy atom. The van der Waals surface area contributed by atoms with Crippen LogP contribution in [0.15, 0.2) is 59.5 Å². The Bertz CT molecular complexity index is 1680.